The molecule has 0 aliphatic heterocycles. The van der Waals surface area contributed by atoms with Gasteiger partial charge in [0.1, 0.15) is 0 Å². The molecule has 1 unspecified atom stereocenters. The van der Waals surface area contributed by atoms with Gasteiger partial charge in [0.05, 0.1) is 0 Å². The van der Waals surface area contributed by atoms with Gasteiger partial charge in [0.15, 0.2) is 4.34 Å². The minimum atomic E-state index is 0.582. The summed E-state index contributed by atoms with van der Waals surface area (Å²) in [5, 5.41) is 12.6. The molecule has 0 aliphatic rings. The maximum atomic E-state index is 4.15. The number of nitrogens with zero attached hydrogens (tertiary/aromatic N) is 3. The predicted molar refractivity (Wildman–Crippen MR) is 72.7 cm³/mol. The third kappa shape index (κ3) is 4.67. The lowest BCUT2D eigenvalue weighted by molar-refractivity contribution is 0.556. The zero-order chi connectivity index (χ0) is 12.0. The number of hydrogen-bond donors (Lipinski definition) is 1. The summed E-state index contributed by atoms with van der Waals surface area (Å²) < 4.78 is 1.06. The third-order valence-electron chi connectivity index (χ3n) is 2.11. The van der Waals surface area contributed by atoms with Gasteiger partial charge in [-0.1, -0.05) is 30.0 Å². The Hall–Kier alpha value is -0.330. The monoisotopic (exact) mass is 260 g/mol. The highest BCUT2D eigenvalue weighted by Crippen LogP contribution is 2.27. The van der Waals surface area contributed by atoms with Crippen molar-refractivity contribution in [2.24, 2.45) is 0 Å². The molecule has 1 aromatic heterocycles. The summed E-state index contributed by atoms with van der Waals surface area (Å²) >= 11 is 3.44. The summed E-state index contributed by atoms with van der Waals surface area (Å²) in [6.45, 7) is 5.39. The fourth-order valence-electron chi connectivity index (χ4n) is 1.22. The number of hydrogen-bond acceptors (Lipinski definition) is 6. The van der Waals surface area contributed by atoms with Gasteiger partial charge in [0.2, 0.25) is 5.13 Å². The first-order valence-corrected chi connectivity index (χ1v) is 7.30. The molecule has 1 N–H and O–H groups in total. The van der Waals surface area contributed by atoms with E-state index in [0.717, 1.165) is 28.2 Å². The van der Waals surface area contributed by atoms with Crippen molar-refractivity contribution in [1.82, 2.24) is 15.5 Å². The van der Waals surface area contributed by atoms with Crippen LogP contribution in [0.15, 0.2) is 4.34 Å². The molecule has 1 atom stereocenters. The third-order valence-corrected chi connectivity index (χ3v) is 4.36. The molecule has 0 amide bonds. The van der Waals surface area contributed by atoms with Crippen molar-refractivity contribution < 1.29 is 0 Å². The Morgan fingerprint density at radius 2 is 2.19 bits per heavy atom. The first kappa shape index (κ1) is 13.7. The molecule has 0 fully saturated rings. The molecule has 0 spiro atoms. The number of thioether (sulfide) groups is 1. The van der Waals surface area contributed by atoms with Crippen LogP contribution in [0.4, 0.5) is 5.13 Å². The lowest BCUT2D eigenvalue weighted by Gasteiger charge is -2.10. The van der Waals surface area contributed by atoms with Gasteiger partial charge in [0.25, 0.3) is 0 Å². The Bertz CT molecular complexity index is 301. The first-order chi connectivity index (χ1) is 7.63. The van der Waals surface area contributed by atoms with E-state index in [2.05, 4.69) is 29.4 Å². The van der Waals surface area contributed by atoms with Gasteiger partial charge < -0.3 is 10.2 Å². The Morgan fingerprint density at radius 3 is 2.75 bits per heavy atom. The number of aromatic nitrogens is 2. The van der Waals surface area contributed by atoms with Crippen LogP contribution in [0.5, 0.6) is 0 Å². The topological polar surface area (TPSA) is 41.1 Å². The molecule has 1 aromatic rings. The van der Waals surface area contributed by atoms with Gasteiger partial charge in [-0.3, -0.25) is 0 Å². The molecule has 16 heavy (non-hydrogen) atoms. The minimum Gasteiger partial charge on any atom is -0.353 e. The fraction of sp³-hybridized carbons (Fsp3) is 0.800. The van der Waals surface area contributed by atoms with E-state index in [0.29, 0.717) is 6.04 Å². The summed E-state index contributed by atoms with van der Waals surface area (Å²) in [5.41, 5.74) is 0. The molecule has 4 nitrogen and oxygen atoms in total. The van der Waals surface area contributed by atoms with E-state index in [-0.39, 0.29) is 0 Å². The minimum absolute atomic E-state index is 0.582. The lowest BCUT2D eigenvalue weighted by atomic mass is 10.3. The second-order valence-electron chi connectivity index (χ2n) is 3.84. The van der Waals surface area contributed by atoms with Crippen molar-refractivity contribution in [2.45, 2.75) is 30.6 Å². The molecule has 1 rings (SSSR count). The van der Waals surface area contributed by atoms with Crippen LogP contribution in [-0.2, 0) is 0 Å². The van der Waals surface area contributed by atoms with E-state index >= 15 is 0 Å². The highest BCUT2D eigenvalue weighted by molar-refractivity contribution is 8.01. The van der Waals surface area contributed by atoms with Crippen molar-refractivity contribution in [3.8, 4) is 0 Å². The number of nitrogens with one attached hydrogen (secondary N) is 1. The van der Waals surface area contributed by atoms with E-state index in [9.17, 15) is 0 Å². The smallest absolute Gasteiger partial charge is 0.208 e. The normalized spacial score (nSPS) is 12.8. The molecule has 0 saturated carbocycles. The van der Waals surface area contributed by atoms with E-state index in [1.54, 1.807) is 23.1 Å². The van der Waals surface area contributed by atoms with Crippen LogP contribution in [0.2, 0.25) is 0 Å². The second-order valence-corrected chi connectivity index (χ2v) is 6.14. The summed E-state index contributed by atoms with van der Waals surface area (Å²) in [6.07, 6.45) is 1.16. The summed E-state index contributed by atoms with van der Waals surface area (Å²) in [4.78, 5) is 1.99. The van der Waals surface area contributed by atoms with Crippen LogP contribution in [0.3, 0.4) is 0 Å². The van der Waals surface area contributed by atoms with Crippen LogP contribution in [0.25, 0.3) is 0 Å². The van der Waals surface area contributed by atoms with E-state index in [1.807, 2.05) is 19.0 Å². The van der Waals surface area contributed by atoms with Crippen molar-refractivity contribution >= 4 is 28.2 Å². The van der Waals surface area contributed by atoms with Crippen molar-refractivity contribution in [1.29, 1.82) is 0 Å². The standard InChI is InChI=1S/C10H20N4S2/c1-5-11-8(2)6-7-15-10-13-12-9(16-10)14(3)4/h8,11H,5-7H2,1-4H3. The van der Waals surface area contributed by atoms with Crippen LogP contribution < -0.4 is 10.2 Å². The van der Waals surface area contributed by atoms with E-state index in [4.69, 9.17) is 0 Å². The molecule has 0 bridgehead atoms. The highest BCUT2D eigenvalue weighted by atomic mass is 32.2. The molecular weight excluding hydrogens is 240 g/mol. The van der Waals surface area contributed by atoms with Gasteiger partial charge >= 0.3 is 0 Å². The summed E-state index contributed by atoms with van der Waals surface area (Å²) in [6, 6.07) is 0.582. The molecule has 0 saturated heterocycles. The first-order valence-electron chi connectivity index (χ1n) is 5.50. The van der Waals surface area contributed by atoms with E-state index < -0.39 is 0 Å². The van der Waals surface area contributed by atoms with Crippen LogP contribution in [0.1, 0.15) is 20.3 Å². The average molecular weight is 260 g/mol. The summed E-state index contributed by atoms with van der Waals surface area (Å²) in [7, 11) is 3.98. The van der Waals surface area contributed by atoms with Gasteiger partial charge in [-0.25, -0.2) is 0 Å². The lowest BCUT2D eigenvalue weighted by Crippen LogP contribution is -2.25. The van der Waals surface area contributed by atoms with E-state index in [1.165, 1.54) is 0 Å². The quantitative estimate of drug-likeness (QED) is 0.760. The Kier molecular flexibility index (Phi) is 6.08. The molecule has 0 radical (unpaired) electrons. The molecule has 92 valence electrons. The molecule has 0 aliphatic carbocycles. The number of anilines is 1. The van der Waals surface area contributed by atoms with Crippen molar-refractivity contribution in [3.05, 3.63) is 0 Å². The SMILES string of the molecule is CCNC(C)CCSc1nnc(N(C)C)s1. The molecular formula is C10H20N4S2. The Balaban J connectivity index is 2.26. The molecule has 6 heteroatoms. The molecule has 1 heterocycles. The maximum Gasteiger partial charge on any atom is 0.208 e. The highest BCUT2D eigenvalue weighted by Gasteiger charge is 2.07. The fourth-order valence-corrected chi connectivity index (χ4v) is 3.17. The average Bonchev–Trinajstić information content (AvgIpc) is 2.67. The predicted octanol–water partition coefficient (Wildman–Crippen LogP) is 2.08. The zero-order valence-electron chi connectivity index (χ0n) is 10.4. The van der Waals surface area contributed by atoms with Gasteiger partial charge in [-0.15, -0.1) is 10.2 Å². The summed E-state index contributed by atoms with van der Waals surface area (Å²) in [5.74, 6) is 1.09. The van der Waals surface area contributed by atoms with Gasteiger partial charge in [-0.05, 0) is 19.9 Å². The van der Waals surface area contributed by atoms with Crippen LogP contribution in [-0.4, -0.2) is 42.6 Å². The van der Waals surface area contributed by atoms with Crippen LogP contribution >= 0.6 is 23.1 Å². The second kappa shape index (κ2) is 7.09. The van der Waals surface area contributed by atoms with Gasteiger partial charge in [-0.2, -0.15) is 0 Å². The number of rotatable bonds is 7. The van der Waals surface area contributed by atoms with Crippen molar-refractivity contribution in [3.63, 3.8) is 0 Å². The largest absolute Gasteiger partial charge is 0.353 e. The zero-order valence-corrected chi connectivity index (χ0v) is 12.0. The Morgan fingerprint density at radius 1 is 1.44 bits per heavy atom. The maximum absolute atomic E-state index is 4.15. The Labute approximate surface area is 106 Å². The van der Waals surface area contributed by atoms with Crippen LogP contribution in [0, 0.1) is 0 Å². The van der Waals surface area contributed by atoms with Crippen molar-refractivity contribution in [2.75, 3.05) is 31.3 Å². The van der Waals surface area contributed by atoms with Gasteiger partial charge in [0, 0.05) is 25.9 Å². The molecule has 0 aromatic carbocycles.